The number of anilines is 1. The van der Waals surface area contributed by atoms with E-state index < -0.39 is 21.8 Å². The number of benzene rings is 3. The first-order chi connectivity index (χ1) is 16.1. The highest BCUT2D eigenvalue weighted by Crippen LogP contribution is 2.32. The van der Waals surface area contributed by atoms with Crippen LogP contribution >= 0.6 is 0 Å². The van der Waals surface area contributed by atoms with Crippen molar-refractivity contribution in [3.8, 4) is 0 Å². The number of nitrogens with zero attached hydrogens (tertiary/aromatic N) is 1. The predicted molar refractivity (Wildman–Crippen MR) is 127 cm³/mol. The Morgan fingerprint density at radius 1 is 0.941 bits per heavy atom. The molecule has 0 aliphatic carbocycles. The van der Waals surface area contributed by atoms with Gasteiger partial charge in [-0.05, 0) is 53.9 Å². The van der Waals surface area contributed by atoms with Gasteiger partial charge in [-0.25, -0.2) is 13.1 Å². The fraction of sp³-hybridized carbons (Fsp3) is 0.320. The molecule has 3 aromatic carbocycles. The van der Waals surface area contributed by atoms with Crippen molar-refractivity contribution in [2.24, 2.45) is 0 Å². The van der Waals surface area contributed by atoms with Crippen LogP contribution in [0.2, 0.25) is 0 Å². The molecule has 5 nitrogen and oxygen atoms in total. The van der Waals surface area contributed by atoms with E-state index in [0.717, 1.165) is 29.3 Å². The molecule has 0 radical (unpaired) electrons. The fourth-order valence-corrected chi connectivity index (χ4v) is 4.68. The molecule has 3 rings (SSSR count). The SMILES string of the molecule is CCCCC(=O)N(CCCNS(=O)(=O)c1ccc2ccccc2c1)c1cccc(C(F)(F)F)c1. The summed E-state index contributed by atoms with van der Waals surface area (Å²) in [7, 11) is -3.78. The normalized spacial score (nSPS) is 12.1. The molecule has 3 aromatic rings. The summed E-state index contributed by atoms with van der Waals surface area (Å²) < 4.78 is 67.4. The van der Waals surface area contributed by atoms with Crippen molar-refractivity contribution >= 4 is 32.4 Å². The van der Waals surface area contributed by atoms with E-state index in [4.69, 9.17) is 0 Å². The van der Waals surface area contributed by atoms with Gasteiger partial charge in [-0.2, -0.15) is 13.2 Å². The summed E-state index contributed by atoms with van der Waals surface area (Å²) in [6.07, 6.45) is -2.70. The summed E-state index contributed by atoms with van der Waals surface area (Å²) in [4.78, 5) is 14.1. The van der Waals surface area contributed by atoms with E-state index in [0.29, 0.717) is 6.42 Å². The quantitative estimate of drug-likeness (QED) is 0.367. The average molecular weight is 493 g/mol. The van der Waals surface area contributed by atoms with Crippen LogP contribution in [0.25, 0.3) is 10.8 Å². The number of hydrogen-bond acceptors (Lipinski definition) is 3. The molecule has 0 saturated heterocycles. The van der Waals surface area contributed by atoms with Crippen molar-refractivity contribution in [3.05, 3.63) is 72.3 Å². The third-order valence-electron chi connectivity index (χ3n) is 5.41. The molecule has 0 bridgehead atoms. The Bertz CT molecular complexity index is 1240. The lowest BCUT2D eigenvalue weighted by Crippen LogP contribution is -2.34. The van der Waals surface area contributed by atoms with E-state index in [1.165, 1.54) is 23.1 Å². The Morgan fingerprint density at radius 3 is 2.38 bits per heavy atom. The van der Waals surface area contributed by atoms with Crippen LogP contribution in [0.1, 0.15) is 38.2 Å². The number of halogens is 3. The largest absolute Gasteiger partial charge is 0.416 e. The lowest BCUT2D eigenvalue weighted by molar-refractivity contribution is -0.137. The predicted octanol–water partition coefficient (Wildman–Crippen LogP) is 5.75. The zero-order chi connectivity index (χ0) is 24.8. The summed E-state index contributed by atoms with van der Waals surface area (Å²) in [5.74, 6) is -0.293. The first-order valence-electron chi connectivity index (χ1n) is 11.1. The van der Waals surface area contributed by atoms with Gasteiger partial charge >= 0.3 is 6.18 Å². The second-order valence-electron chi connectivity index (χ2n) is 7.96. The summed E-state index contributed by atoms with van der Waals surface area (Å²) in [5.41, 5.74) is -0.691. The van der Waals surface area contributed by atoms with Crippen molar-refractivity contribution in [2.45, 2.75) is 43.7 Å². The Morgan fingerprint density at radius 2 is 1.68 bits per heavy atom. The molecule has 0 aromatic heterocycles. The van der Waals surface area contributed by atoms with Gasteiger partial charge in [0.25, 0.3) is 0 Å². The highest BCUT2D eigenvalue weighted by Gasteiger charge is 2.31. The number of carbonyl (C=O) groups is 1. The van der Waals surface area contributed by atoms with Gasteiger partial charge in [0.2, 0.25) is 15.9 Å². The Balaban J connectivity index is 1.69. The summed E-state index contributed by atoms with van der Waals surface area (Å²) >= 11 is 0. The first-order valence-corrected chi connectivity index (χ1v) is 12.6. The van der Waals surface area contributed by atoms with Crippen LogP contribution in [0.5, 0.6) is 0 Å². The van der Waals surface area contributed by atoms with Crippen LogP contribution in [-0.2, 0) is 21.0 Å². The standard InChI is InChI=1S/C25H27F3N2O3S/c1-2-3-12-24(31)30(22-11-6-10-21(18-22)25(26,27)28)16-7-15-29-34(32,33)23-14-13-19-8-4-5-9-20(19)17-23/h4-6,8-11,13-14,17-18,29H,2-3,7,12,15-16H2,1H3. The number of amides is 1. The zero-order valence-electron chi connectivity index (χ0n) is 18.8. The van der Waals surface area contributed by atoms with Crippen LogP contribution in [0.4, 0.5) is 18.9 Å². The van der Waals surface area contributed by atoms with Gasteiger partial charge in [-0.15, -0.1) is 0 Å². The molecule has 0 unspecified atom stereocenters. The molecule has 9 heteroatoms. The molecule has 0 spiro atoms. The first kappa shape index (κ1) is 25.7. The minimum absolute atomic E-state index is 0.0334. The fourth-order valence-electron chi connectivity index (χ4n) is 3.57. The molecule has 1 N–H and O–H groups in total. The number of hydrogen-bond donors (Lipinski definition) is 1. The van der Waals surface area contributed by atoms with E-state index in [2.05, 4.69) is 4.72 Å². The van der Waals surface area contributed by atoms with Gasteiger partial charge in [0.1, 0.15) is 0 Å². The molecule has 182 valence electrons. The van der Waals surface area contributed by atoms with E-state index in [1.807, 2.05) is 31.2 Å². The molecular weight excluding hydrogens is 465 g/mol. The molecule has 0 fully saturated rings. The van der Waals surface area contributed by atoms with Gasteiger partial charge in [0.15, 0.2) is 0 Å². The molecular formula is C25H27F3N2O3S. The molecule has 0 aliphatic heterocycles. The maximum Gasteiger partial charge on any atom is 0.416 e. The van der Waals surface area contributed by atoms with Crippen molar-refractivity contribution in [1.29, 1.82) is 0 Å². The Hall–Kier alpha value is -2.91. The summed E-state index contributed by atoms with van der Waals surface area (Å²) in [6, 6.07) is 16.9. The molecule has 0 heterocycles. The number of nitrogens with one attached hydrogen (secondary N) is 1. The lowest BCUT2D eigenvalue weighted by atomic mass is 10.1. The molecule has 0 atom stereocenters. The minimum Gasteiger partial charge on any atom is -0.312 e. The highest BCUT2D eigenvalue weighted by molar-refractivity contribution is 7.89. The van der Waals surface area contributed by atoms with E-state index in [1.54, 1.807) is 12.1 Å². The van der Waals surface area contributed by atoms with Crippen molar-refractivity contribution in [2.75, 3.05) is 18.0 Å². The lowest BCUT2D eigenvalue weighted by Gasteiger charge is -2.24. The second-order valence-corrected chi connectivity index (χ2v) is 9.72. The van der Waals surface area contributed by atoms with E-state index in [9.17, 15) is 26.4 Å². The van der Waals surface area contributed by atoms with Crippen LogP contribution in [-0.4, -0.2) is 27.4 Å². The van der Waals surface area contributed by atoms with Gasteiger partial charge in [0, 0.05) is 25.2 Å². The third-order valence-corrected chi connectivity index (χ3v) is 6.87. The smallest absolute Gasteiger partial charge is 0.312 e. The highest BCUT2D eigenvalue weighted by atomic mass is 32.2. The minimum atomic E-state index is -4.52. The third kappa shape index (κ3) is 6.57. The maximum atomic E-state index is 13.2. The van der Waals surface area contributed by atoms with E-state index >= 15 is 0 Å². The van der Waals surface area contributed by atoms with Crippen LogP contribution in [0.3, 0.4) is 0 Å². The van der Waals surface area contributed by atoms with Gasteiger partial charge in [-0.1, -0.05) is 49.7 Å². The number of fused-ring (bicyclic) bond motifs is 1. The molecule has 0 aliphatic rings. The van der Waals surface area contributed by atoms with Crippen molar-refractivity contribution < 1.29 is 26.4 Å². The van der Waals surface area contributed by atoms with Crippen LogP contribution in [0.15, 0.2) is 71.6 Å². The van der Waals surface area contributed by atoms with Gasteiger partial charge in [-0.3, -0.25) is 4.79 Å². The molecule has 1 amide bonds. The van der Waals surface area contributed by atoms with Crippen LogP contribution in [0, 0.1) is 0 Å². The topological polar surface area (TPSA) is 66.5 Å². The number of sulfonamides is 1. The molecule has 34 heavy (non-hydrogen) atoms. The van der Waals surface area contributed by atoms with Gasteiger partial charge in [0.05, 0.1) is 10.5 Å². The second kappa shape index (κ2) is 11.0. The Labute approximate surface area is 197 Å². The number of unbranched alkanes of at least 4 members (excludes halogenated alkanes) is 1. The van der Waals surface area contributed by atoms with E-state index in [-0.39, 0.29) is 42.4 Å². The zero-order valence-corrected chi connectivity index (χ0v) is 19.6. The van der Waals surface area contributed by atoms with Crippen LogP contribution < -0.4 is 9.62 Å². The maximum absolute atomic E-state index is 13.2. The Kier molecular flexibility index (Phi) is 8.33. The monoisotopic (exact) mass is 492 g/mol. The summed E-state index contributed by atoms with van der Waals surface area (Å²) in [5, 5.41) is 1.71. The van der Waals surface area contributed by atoms with Gasteiger partial charge < -0.3 is 4.90 Å². The number of rotatable bonds is 10. The summed E-state index contributed by atoms with van der Waals surface area (Å²) in [6.45, 7) is 2.04. The average Bonchev–Trinajstić information content (AvgIpc) is 2.81. The number of carbonyl (C=O) groups excluding carboxylic acids is 1. The number of alkyl halides is 3. The van der Waals surface area contributed by atoms with Crippen molar-refractivity contribution in [3.63, 3.8) is 0 Å². The molecule has 0 saturated carbocycles. The van der Waals surface area contributed by atoms with Crippen molar-refractivity contribution in [1.82, 2.24) is 4.72 Å².